The van der Waals surface area contributed by atoms with E-state index in [0.717, 1.165) is 30.5 Å². The van der Waals surface area contributed by atoms with Gasteiger partial charge in [-0.1, -0.05) is 29.3 Å². The highest BCUT2D eigenvalue weighted by Crippen LogP contribution is 2.36. The first kappa shape index (κ1) is 12.7. The number of methoxy groups -OCH3 is 1. The van der Waals surface area contributed by atoms with Gasteiger partial charge in [-0.2, -0.15) is 0 Å². The molecule has 0 spiro atoms. The summed E-state index contributed by atoms with van der Waals surface area (Å²) in [6, 6.07) is 5.47. The zero-order valence-electron chi connectivity index (χ0n) is 10.4. The van der Waals surface area contributed by atoms with E-state index in [-0.39, 0.29) is 0 Å². The number of hydrogen-bond donors (Lipinski definition) is 0. The van der Waals surface area contributed by atoms with Gasteiger partial charge in [-0.25, -0.2) is 9.97 Å². The third kappa shape index (κ3) is 2.17. The summed E-state index contributed by atoms with van der Waals surface area (Å²) in [6.45, 7) is 0. The first-order chi connectivity index (χ1) is 9.20. The van der Waals surface area contributed by atoms with E-state index in [2.05, 4.69) is 9.97 Å². The average Bonchev–Trinajstić information content (AvgIpc) is 2.87. The molecule has 19 heavy (non-hydrogen) atoms. The number of aromatic nitrogens is 2. The molecule has 0 amide bonds. The third-order valence-electron chi connectivity index (χ3n) is 3.30. The molecule has 5 heteroatoms. The Bertz CT molecular complexity index is 644. The highest BCUT2D eigenvalue weighted by atomic mass is 35.5. The summed E-state index contributed by atoms with van der Waals surface area (Å²) in [6.07, 6.45) is 2.97. The van der Waals surface area contributed by atoms with Crippen LogP contribution in [0.1, 0.15) is 17.7 Å². The minimum Gasteiger partial charge on any atom is -0.496 e. The van der Waals surface area contributed by atoms with Crippen LogP contribution in [0.2, 0.25) is 10.2 Å². The Hall–Kier alpha value is -1.32. The van der Waals surface area contributed by atoms with Crippen molar-refractivity contribution in [2.24, 2.45) is 0 Å². The Labute approximate surface area is 121 Å². The van der Waals surface area contributed by atoms with Gasteiger partial charge in [-0.3, -0.25) is 0 Å². The molecular weight excluding hydrogens is 283 g/mol. The van der Waals surface area contributed by atoms with Crippen molar-refractivity contribution in [2.75, 3.05) is 7.11 Å². The maximum Gasteiger partial charge on any atom is 0.166 e. The molecule has 0 fully saturated rings. The summed E-state index contributed by atoms with van der Waals surface area (Å²) >= 11 is 12.5. The second kappa shape index (κ2) is 4.99. The summed E-state index contributed by atoms with van der Waals surface area (Å²) in [5, 5.41) is 1.09. The molecule has 1 aliphatic rings. The van der Waals surface area contributed by atoms with Gasteiger partial charge in [0.15, 0.2) is 5.82 Å². The van der Waals surface area contributed by atoms with Crippen molar-refractivity contribution in [3.8, 4) is 17.1 Å². The van der Waals surface area contributed by atoms with Crippen LogP contribution in [-0.2, 0) is 12.8 Å². The Morgan fingerprint density at radius 1 is 1.16 bits per heavy atom. The topological polar surface area (TPSA) is 35.0 Å². The molecule has 0 bridgehead atoms. The lowest BCUT2D eigenvalue weighted by atomic mass is 10.1. The number of aryl methyl sites for hydroxylation is 1. The molecular formula is C14H12Cl2N2O. The Kier molecular flexibility index (Phi) is 3.33. The Morgan fingerprint density at radius 2 is 2.00 bits per heavy atom. The zero-order valence-corrected chi connectivity index (χ0v) is 11.9. The van der Waals surface area contributed by atoms with E-state index < -0.39 is 0 Å². The first-order valence-corrected chi connectivity index (χ1v) is 6.84. The number of halogens is 2. The predicted octanol–water partition coefficient (Wildman–Crippen LogP) is 3.95. The lowest BCUT2D eigenvalue weighted by molar-refractivity contribution is 0.416. The van der Waals surface area contributed by atoms with Gasteiger partial charge in [0.25, 0.3) is 0 Å². The van der Waals surface area contributed by atoms with Crippen molar-refractivity contribution in [1.29, 1.82) is 0 Å². The van der Waals surface area contributed by atoms with E-state index >= 15 is 0 Å². The molecule has 1 aromatic heterocycles. The smallest absolute Gasteiger partial charge is 0.166 e. The quantitative estimate of drug-likeness (QED) is 0.787. The molecule has 0 N–H and O–H groups in total. The van der Waals surface area contributed by atoms with E-state index in [1.54, 1.807) is 13.2 Å². The maximum atomic E-state index is 6.24. The van der Waals surface area contributed by atoms with Crippen LogP contribution in [0.25, 0.3) is 11.4 Å². The van der Waals surface area contributed by atoms with Crippen LogP contribution in [0.5, 0.6) is 5.75 Å². The van der Waals surface area contributed by atoms with Crippen molar-refractivity contribution in [3.05, 3.63) is 39.6 Å². The molecule has 0 atom stereocenters. The fraction of sp³-hybridized carbons (Fsp3) is 0.286. The fourth-order valence-electron chi connectivity index (χ4n) is 2.39. The van der Waals surface area contributed by atoms with E-state index in [1.165, 1.54) is 0 Å². The SMILES string of the molecule is COc1cccc(Cl)c1-c1nc(Cl)c2c(n1)CCC2. The molecule has 1 heterocycles. The predicted molar refractivity (Wildman–Crippen MR) is 76.1 cm³/mol. The van der Waals surface area contributed by atoms with E-state index in [1.807, 2.05) is 12.1 Å². The van der Waals surface area contributed by atoms with Gasteiger partial charge >= 0.3 is 0 Å². The van der Waals surface area contributed by atoms with Crippen molar-refractivity contribution in [2.45, 2.75) is 19.3 Å². The van der Waals surface area contributed by atoms with Crippen LogP contribution in [0, 0.1) is 0 Å². The van der Waals surface area contributed by atoms with E-state index in [0.29, 0.717) is 27.3 Å². The molecule has 2 aromatic rings. The lowest BCUT2D eigenvalue weighted by Crippen LogP contribution is -1.99. The number of nitrogens with zero attached hydrogens (tertiary/aromatic N) is 2. The Balaban J connectivity index is 2.21. The maximum absolute atomic E-state index is 6.24. The van der Waals surface area contributed by atoms with Gasteiger partial charge < -0.3 is 4.74 Å². The van der Waals surface area contributed by atoms with Gasteiger partial charge in [0, 0.05) is 11.3 Å². The molecule has 1 aromatic carbocycles. The molecule has 3 rings (SSSR count). The summed E-state index contributed by atoms with van der Waals surface area (Å²) in [5.74, 6) is 1.19. The van der Waals surface area contributed by atoms with Crippen molar-refractivity contribution < 1.29 is 4.74 Å². The van der Waals surface area contributed by atoms with Gasteiger partial charge in [0.2, 0.25) is 0 Å². The number of hydrogen-bond acceptors (Lipinski definition) is 3. The van der Waals surface area contributed by atoms with Crippen LogP contribution in [0.15, 0.2) is 18.2 Å². The monoisotopic (exact) mass is 294 g/mol. The minimum absolute atomic E-state index is 0.527. The lowest BCUT2D eigenvalue weighted by Gasteiger charge is -2.11. The van der Waals surface area contributed by atoms with Crippen LogP contribution in [0.3, 0.4) is 0 Å². The highest BCUT2D eigenvalue weighted by molar-refractivity contribution is 6.33. The number of ether oxygens (including phenoxy) is 1. The highest BCUT2D eigenvalue weighted by Gasteiger charge is 2.21. The summed E-state index contributed by atoms with van der Waals surface area (Å²) in [5.41, 5.74) is 2.79. The standard InChI is InChI=1S/C14H12Cl2N2O/c1-19-11-7-3-5-9(15)12(11)14-17-10-6-2-4-8(10)13(16)18-14/h3,5,7H,2,4,6H2,1H3. The number of fused-ring (bicyclic) bond motifs is 1. The fourth-order valence-corrected chi connectivity index (χ4v) is 2.92. The van der Waals surface area contributed by atoms with Crippen LogP contribution in [0.4, 0.5) is 0 Å². The molecule has 98 valence electrons. The van der Waals surface area contributed by atoms with Gasteiger partial charge in [0.05, 0.1) is 17.7 Å². The zero-order chi connectivity index (χ0) is 13.4. The second-order valence-electron chi connectivity index (χ2n) is 4.43. The van der Waals surface area contributed by atoms with Crippen molar-refractivity contribution in [1.82, 2.24) is 9.97 Å². The summed E-state index contributed by atoms with van der Waals surface area (Å²) in [4.78, 5) is 8.97. The largest absolute Gasteiger partial charge is 0.496 e. The molecule has 0 aliphatic heterocycles. The first-order valence-electron chi connectivity index (χ1n) is 6.09. The number of benzene rings is 1. The molecule has 0 radical (unpaired) electrons. The summed E-state index contributed by atoms with van der Waals surface area (Å²) < 4.78 is 5.33. The minimum atomic E-state index is 0.527. The second-order valence-corrected chi connectivity index (χ2v) is 5.20. The third-order valence-corrected chi connectivity index (χ3v) is 3.93. The van der Waals surface area contributed by atoms with Crippen LogP contribution >= 0.6 is 23.2 Å². The molecule has 1 aliphatic carbocycles. The summed E-state index contributed by atoms with van der Waals surface area (Å²) in [7, 11) is 1.60. The Morgan fingerprint density at radius 3 is 2.79 bits per heavy atom. The van der Waals surface area contributed by atoms with Crippen LogP contribution < -0.4 is 4.74 Å². The number of rotatable bonds is 2. The van der Waals surface area contributed by atoms with Gasteiger partial charge in [-0.05, 0) is 31.4 Å². The molecule has 3 nitrogen and oxygen atoms in total. The molecule has 0 saturated carbocycles. The van der Waals surface area contributed by atoms with E-state index in [4.69, 9.17) is 27.9 Å². The average molecular weight is 295 g/mol. The van der Waals surface area contributed by atoms with Crippen molar-refractivity contribution >= 4 is 23.2 Å². The van der Waals surface area contributed by atoms with E-state index in [9.17, 15) is 0 Å². The van der Waals surface area contributed by atoms with Crippen molar-refractivity contribution in [3.63, 3.8) is 0 Å². The molecule has 0 unspecified atom stereocenters. The van der Waals surface area contributed by atoms with Crippen LogP contribution in [-0.4, -0.2) is 17.1 Å². The van der Waals surface area contributed by atoms with Gasteiger partial charge in [-0.15, -0.1) is 0 Å². The normalized spacial score (nSPS) is 13.4. The van der Waals surface area contributed by atoms with Gasteiger partial charge in [0.1, 0.15) is 10.9 Å². The molecule has 0 saturated heterocycles.